The van der Waals surface area contributed by atoms with E-state index >= 15 is 0 Å². The van der Waals surface area contributed by atoms with Crippen molar-refractivity contribution in [3.8, 4) is 0 Å². The molecule has 0 heterocycles. The van der Waals surface area contributed by atoms with E-state index in [9.17, 15) is 22.0 Å². The van der Waals surface area contributed by atoms with E-state index in [-0.39, 0.29) is 23.3 Å². The predicted molar refractivity (Wildman–Crippen MR) is 65.4 cm³/mol. The first-order valence-corrected chi connectivity index (χ1v) is 7.25. The number of alkyl halides is 2. The topological polar surface area (TPSA) is 71.4 Å². The predicted octanol–water partition coefficient (Wildman–Crippen LogP) is 2.81. The molecule has 0 aliphatic carbocycles. The molecule has 0 saturated carbocycles. The van der Waals surface area contributed by atoms with Crippen molar-refractivity contribution in [1.29, 1.82) is 0 Å². The number of aromatic carboxylic acids is 1. The summed E-state index contributed by atoms with van der Waals surface area (Å²) in [6.45, 7) is 2.84. The molecule has 0 fully saturated rings. The van der Waals surface area contributed by atoms with Crippen molar-refractivity contribution in [2.24, 2.45) is 0 Å². The molecule has 0 amide bonds. The molecule has 1 N–H and O–H groups in total. The van der Waals surface area contributed by atoms with Gasteiger partial charge in [-0.1, -0.05) is 13.0 Å². The van der Waals surface area contributed by atoms with E-state index in [1.165, 1.54) is 6.92 Å². The van der Waals surface area contributed by atoms with Crippen LogP contribution in [0.2, 0.25) is 0 Å². The molecule has 0 atom stereocenters. The Kier molecular flexibility index (Phi) is 4.62. The maximum absolute atomic E-state index is 12.9. The van der Waals surface area contributed by atoms with E-state index in [1.807, 2.05) is 0 Å². The first-order chi connectivity index (χ1) is 8.72. The Balaban J connectivity index is 3.66. The highest BCUT2D eigenvalue weighted by molar-refractivity contribution is 7.91. The van der Waals surface area contributed by atoms with Gasteiger partial charge in [-0.15, -0.1) is 0 Å². The van der Waals surface area contributed by atoms with Crippen LogP contribution in [0.1, 0.15) is 41.3 Å². The molecule has 19 heavy (non-hydrogen) atoms. The third kappa shape index (κ3) is 3.09. The average Bonchev–Trinajstić information content (AvgIpc) is 2.27. The van der Waals surface area contributed by atoms with Crippen molar-refractivity contribution in [3.05, 3.63) is 28.8 Å². The van der Waals surface area contributed by atoms with Gasteiger partial charge >= 0.3 is 5.97 Å². The van der Waals surface area contributed by atoms with E-state index in [1.54, 1.807) is 6.92 Å². The van der Waals surface area contributed by atoms with Crippen molar-refractivity contribution in [1.82, 2.24) is 0 Å². The molecular weight excluding hydrogens is 278 g/mol. The molecule has 106 valence electrons. The number of sulfone groups is 1. The minimum absolute atomic E-state index is 0.140. The fourth-order valence-corrected chi connectivity index (χ4v) is 3.73. The lowest BCUT2D eigenvalue weighted by Crippen LogP contribution is -2.14. The lowest BCUT2D eigenvalue weighted by molar-refractivity contribution is 0.0695. The van der Waals surface area contributed by atoms with Crippen LogP contribution < -0.4 is 0 Å². The van der Waals surface area contributed by atoms with Crippen LogP contribution in [-0.2, 0) is 9.84 Å². The summed E-state index contributed by atoms with van der Waals surface area (Å²) in [7, 11) is -3.92. The summed E-state index contributed by atoms with van der Waals surface area (Å²) in [5.74, 6) is -1.64. The van der Waals surface area contributed by atoms with Gasteiger partial charge < -0.3 is 5.11 Å². The van der Waals surface area contributed by atoms with E-state index in [2.05, 4.69) is 0 Å². The molecule has 1 aromatic carbocycles. The second-order valence-electron chi connectivity index (χ2n) is 4.08. The molecular formula is C12H14F2O4S. The fraction of sp³-hybridized carbons (Fsp3) is 0.417. The number of hydrogen-bond acceptors (Lipinski definition) is 3. The van der Waals surface area contributed by atoms with Crippen LogP contribution >= 0.6 is 0 Å². The molecule has 0 aliphatic heterocycles. The average molecular weight is 292 g/mol. The number of benzene rings is 1. The Labute approximate surface area is 110 Å². The fourth-order valence-electron chi connectivity index (χ4n) is 1.90. The van der Waals surface area contributed by atoms with Gasteiger partial charge in [0.2, 0.25) is 0 Å². The Morgan fingerprint density at radius 2 is 1.95 bits per heavy atom. The highest BCUT2D eigenvalue weighted by Gasteiger charge is 2.27. The van der Waals surface area contributed by atoms with Crippen LogP contribution in [-0.4, -0.2) is 25.2 Å². The van der Waals surface area contributed by atoms with Crippen molar-refractivity contribution < 1.29 is 27.1 Å². The zero-order valence-electron chi connectivity index (χ0n) is 10.5. The Morgan fingerprint density at radius 3 is 2.37 bits per heavy atom. The summed E-state index contributed by atoms with van der Waals surface area (Å²) in [5, 5.41) is 8.93. The molecule has 0 bridgehead atoms. The molecule has 0 aliphatic rings. The molecule has 0 unspecified atom stereocenters. The van der Waals surface area contributed by atoms with E-state index in [0.29, 0.717) is 0 Å². The van der Waals surface area contributed by atoms with Crippen LogP contribution in [0.15, 0.2) is 17.0 Å². The third-order valence-corrected chi connectivity index (χ3v) is 4.80. The molecule has 0 spiro atoms. The van der Waals surface area contributed by atoms with Gasteiger partial charge in [0.25, 0.3) is 6.43 Å². The Morgan fingerprint density at radius 1 is 1.37 bits per heavy atom. The summed E-state index contributed by atoms with van der Waals surface area (Å²) in [6, 6.07) is 1.87. The first-order valence-electron chi connectivity index (χ1n) is 5.60. The van der Waals surface area contributed by atoms with Gasteiger partial charge in [0, 0.05) is 5.56 Å². The van der Waals surface area contributed by atoms with Crippen molar-refractivity contribution in [2.45, 2.75) is 31.6 Å². The van der Waals surface area contributed by atoms with E-state index in [0.717, 1.165) is 12.1 Å². The number of hydrogen-bond donors (Lipinski definition) is 1. The van der Waals surface area contributed by atoms with Gasteiger partial charge in [-0.05, 0) is 25.0 Å². The van der Waals surface area contributed by atoms with Crippen LogP contribution in [0.3, 0.4) is 0 Å². The monoisotopic (exact) mass is 292 g/mol. The van der Waals surface area contributed by atoms with Crippen molar-refractivity contribution in [2.75, 3.05) is 5.75 Å². The van der Waals surface area contributed by atoms with Gasteiger partial charge in [-0.2, -0.15) is 0 Å². The van der Waals surface area contributed by atoms with Gasteiger partial charge in [-0.25, -0.2) is 22.0 Å². The molecule has 0 aromatic heterocycles. The smallest absolute Gasteiger partial charge is 0.335 e. The summed E-state index contributed by atoms with van der Waals surface area (Å²) in [5.41, 5.74) is -1.06. The molecule has 0 radical (unpaired) electrons. The van der Waals surface area contributed by atoms with Crippen molar-refractivity contribution >= 4 is 15.8 Å². The minimum atomic E-state index is -3.92. The quantitative estimate of drug-likeness (QED) is 0.905. The Hall–Kier alpha value is -1.50. The van der Waals surface area contributed by atoms with Gasteiger partial charge in [0.05, 0.1) is 16.2 Å². The van der Waals surface area contributed by atoms with Gasteiger partial charge in [-0.3, -0.25) is 0 Å². The van der Waals surface area contributed by atoms with Crippen LogP contribution in [0.5, 0.6) is 0 Å². The minimum Gasteiger partial charge on any atom is -0.478 e. The SMILES string of the molecule is CCCS(=O)(=O)c1c(C(F)F)ccc(C(=O)O)c1C. The third-order valence-electron chi connectivity index (χ3n) is 2.69. The number of carboxylic acid groups (broad SMARTS) is 1. The largest absolute Gasteiger partial charge is 0.478 e. The first kappa shape index (κ1) is 15.6. The van der Waals surface area contributed by atoms with Crippen LogP contribution in [0.4, 0.5) is 8.78 Å². The van der Waals surface area contributed by atoms with E-state index in [4.69, 9.17) is 5.11 Å². The normalized spacial score (nSPS) is 11.8. The maximum Gasteiger partial charge on any atom is 0.335 e. The van der Waals surface area contributed by atoms with E-state index < -0.39 is 32.7 Å². The summed E-state index contributed by atoms with van der Waals surface area (Å²) in [6.07, 6.45) is -2.70. The van der Waals surface area contributed by atoms with Gasteiger partial charge in [0.1, 0.15) is 0 Å². The number of rotatable bonds is 5. The second-order valence-corrected chi connectivity index (χ2v) is 6.13. The maximum atomic E-state index is 12.9. The lowest BCUT2D eigenvalue weighted by atomic mass is 10.1. The Bertz CT molecular complexity index is 594. The molecule has 0 saturated heterocycles. The number of carbonyl (C=O) groups is 1. The molecule has 1 aromatic rings. The standard InChI is InChI=1S/C12H14F2O4S/c1-3-6-19(17,18)10-7(2)8(12(15)16)4-5-9(10)11(13)14/h4-5,11H,3,6H2,1-2H3,(H,15,16). The number of halogens is 2. The highest BCUT2D eigenvalue weighted by Crippen LogP contribution is 2.32. The van der Waals surface area contributed by atoms with Crippen LogP contribution in [0.25, 0.3) is 0 Å². The number of carboxylic acids is 1. The summed E-state index contributed by atoms with van der Waals surface area (Å²) < 4.78 is 49.9. The summed E-state index contributed by atoms with van der Waals surface area (Å²) in [4.78, 5) is 10.4. The summed E-state index contributed by atoms with van der Waals surface area (Å²) >= 11 is 0. The lowest BCUT2D eigenvalue weighted by Gasteiger charge is -2.14. The zero-order chi connectivity index (χ0) is 14.8. The molecule has 7 heteroatoms. The van der Waals surface area contributed by atoms with Crippen LogP contribution in [0, 0.1) is 6.92 Å². The van der Waals surface area contributed by atoms with Crippen molar-refractivity contribution in [3.63, 3.8) is 0 Å². The van der Waals surface area contributed by atoms with Gasteiger partial charge in [0.15, 0.2) is 9.84 Å². The highest BCUT2D eigenvalue weighted by atomic mass is 32.2. The molecule has 1 rings (SSSR count). The zero-order valence-corrected chi connectivity index (χ0v) is 11.3. The molecule has 4 nitrogen and oxygen atoms in total. The second kappa shape index (κ2) is 5.64.